The number of pyridine rings is 1. The summed E-state index contributed by atoms with van der Waals surface area (Å²) in [6.07, 6.45) is 7.19. The maximum atomic E-state index is 4.71. The van der Waals surface area contributed by atoms with Crippen molar-refractivity contribution in [2.75, 3.05) is 18.8 Å². The molecule has 1 aliphatic heterocycles. The molecule has 4 heteroatoms. The number of rotatable bonds is 5. The van der Waals surface area contributed by atoms with Gasteiger partial charge in [0, 0.05) is 31.2 Å². The highest BCUT2D eigenvalue weighted by atomic mass is 32.2. The van der Waals surface area contributed by atoms with E-state index in [0.717, 1.165) is 24.7 Å². The Morgan fingerprint density at radius 3 is 2.79 bits per heavy atom. The van der Waals surface area contributed by atoms with Crippen molar-refractivity contribution in [3.63, 3.8) is 0 Å². The Hall–Kier alpha value is -1.03. The van der Waals surface area contributed by atoms with E-state index in [4.69, 9.17) is 4.99 Å². The van der Waals surface area contributed by atoms with E-state index in [2.05, 4.69) is 30.2 Å². The summed E-state index contributed by atoms with van der Waals surface area (Å²) in [6.45, 7) is 6.46. The predicted octanol–water partition coefficient (Wildman–Crippen LogP) is 3.12. The third kappa shape index (κ3) is 3.96. The van der Waals surface area contributed by atoms with Crippen LogP contribution in [0.3, 0.4) is 0 Å². The Kier molecular flexibility index (Phi) is 5.25. The van der Waals surface area contributed by atoms with E-state index >= 15 is 0 Å². The molecule has 3 nitrogen and oxygen atoms in total. The lowest BCUT2D eigenvalue weighted by Crippen LogP contribution is -2.35. The first-order chi connectivity index (χ1) is 9.28. The van der Waals surface area contributed by atoms with Crippen LogP contribution in [0.5, 0.6) is 0 Å². The van der Waals surface area contributed by atoms with E-state index in [9.17, 15) is 0 Å². The molecule has 0 spiro atoms. The Labute approximate surface area is 120 Å². The van der Waals surface area contributed by atoms with Crippen LogP contribution in [-0.2, 0) is 6.42 Å². The lowest BCUT2D eigenvalue weighted by atomic mass is 9.84. The molecule has 0 aliphatic carbocycles. The van der Waals surface area contributed by atoms with E-state index in [0.29, 0.717) is 5.41 Å². The summed E-state index contributed by atoms with van der Waals surface area (Å²) in [5.74, 6) is 1.19. The topological polar surface area (TPSA) is 37.3 Å². The minimum atomic E-state index is 0.430. The molecule has 2 rings (SSSR count). The SMILES string of the molecule is CCC1(CC)CN=C(NCCc2cccnc2)SC1. The zero-order valence-electron chi connectivity index (χ0n) is 11.9. The van der Waals surface area contributed by atoms with Gasteiger partial charge in [0.05, 0.1) is 0 Å². The monoisotopic (exact) mass is 277 g/mol. The maximum Gasteiger partial charge on any atom is 0.156 e. The van der Waals surface area contributed by atoms with Crippen molar-refractivity contribution in [2.45, 2.75) is 33.1 Å². The number of amidine groups is 1. The van der Waals surface area contributed by atoms with Crippen LogP contribution >= 0.6 is 11.8 Å². The number of hydrogen-bond donors (Lipinski definition) is 1. The standard InChI is InChI=1S/C15H23N3S/c1-3-15(4-2)11-18-14(19-12-15)17-9-7-13-6-5-8-16-10-13/h5-6,8,10H,3-4,7,9,11-12H2,1-2H3,(H,17,18). The van der Waals surface area contributed by atoms with Gasteiger partial charge < -0.3 is 5.32 Å². The molecule has 19 heavy (non-hydrogen) atoms. The Bertz CT molecular complexity index is 413. The Morgan fingerprint density at radius 1 is 1.37 bits per heavy atom. The van der Waals surface area contributed by atoms with Gasteiger partial charge in [0.15, 0.2) is 5.17 Å². The number of aliphatic imine (C=N–C) groups is 1. The fraction of sp³-hybridized carbons (Fsp3) is 0.600. The number of hydrogen-bond acceptors (Lipinski definition) is 4. The minimum Gasteiger partial charge on any atom is -0.365 e. The van der Waals surface area contributed by atoms with Gasteiger partial charge >= 0.3 is 0 Å². The first kappa shape index (κ1) is 14.4. The van der Waals surface area contributed by atoms with Crippen LogP contribution in [0.4, 0.5) is 0 Å². The molecule has 0 amide bonds. The van der Waals surface area contributed by atoms with Crippen molar-refractivity contribution in [3.05, 3.63) is 30.1 Å². The molecule has 104 valence electrons. The normalized spacial score (nSPS) is 17.9. The fourth-order valence-corrected chi connectivity index (χ4v) is 3.50. The summed E-state index contributed by atoms with van der Waals surface area (Å²) in [5, 5.41) is 4.55. The van der Waals surface area contributed by atoms with Gasteiger partial charge in [-0.2, -0.15) is 0 Å². The largest absolute Gasteiger partial charge is 0.365 e. The lowest BCUT2D eigenvalue weighted by Gasteiger charge is -2.33. The van der Waals surface area contributed by atoms with Crippen molar-refractivity contribution in [1.29, 1.82) is 0 Å². The van der Waals surface area contributed by atoms with E-state index in [1.54, 1.807) is 0 Å². The van der Waals surface area contributed by atoms with Gasteiger partial charge in [-0.25, -0.2) is 0 Å². The van der Waals surface area contributed by atoms with E-state index < -0.39 is 0 Å². The van der Waals surface area contributed by atoms with Gasteiger partial charge in [-0.15, -0.1) is 0 Å². The molecule has 0 saturated heterocycles. The van der Waals surface area contributed by atoms with Crippen LogP contribution in [0, 0.1) is 5.41 Å². The van der Waals surface area contributed by atoms with Gasteiger partial charge in [-0.3, -0.25) is 9.98 Å². The molecule has 0 fully saturated rings. The van der Waals surface area contributed by atoms with E-state index in [-0.39, 0.29) is 0 Å². The second-order valence-corrected chi connectivity index (χ2v) is 6.12. The molecule has 0 unspecified atom stereocenters. The Balaban J connectivity index is 1.77. The summed E-state index contributed by atoms with van der Waals surface area (Å²) in [5.41, 5.74) is 1.70. The summed E-state index contributed by atoms with van der Waals surface area (Å²) in [7, 11) is 0. The summed E-state index contributed by atoms with van der Waals surface area (Å²) in [6, 6.07) is 4.10. The van der Waals surface area contributed by atoms with Gasteiger partial charge in [-0.1, -0.05) is 31.7 Å². The maximum absolute atomic E-state index is 4.71. The van der Waals surface area contributed by atoms with Gasteiger partial charge in [0.25, 0.3) is 0 Å². The van der Waals surface area contributed by atoms with Crippen molar-refractivity contribution in [2.24, 2.45) is 10.4 Å². The lowest BCUT2D eigenvalue weighted by molar-refractivity contribution is 0.318. The summed E-state index contributed by atoms with van der Waals surface area (Å²) >= 11 is 1.88. The smallest absolute Gasteiger partial charge is 0.156 e. The van der Waals surface area contributed by atoms with Crippen molar-refractivity contribution in [1.82, 2.24) is 10.3 Å². The van der Waals surface area contributed by atoms with Crippen LogP contribution in [-0.4, -0.2) is 29.0 Å². The molecule has 0 saturated carbocycles. The molecular weight excluding hydrogens is 254 g/mol. The van der Waals surface area contributed by atoms with Crippen molar-refractivity contribution < 1.29 is 0 Å². The van der Waals surface area contributed by atoms with Gasteiger partial charge in [0.1, 0.15) is 0 Å². The zero-order valence-corrected chi connectivity index (χ0v) is 12.7. The summed E-state index contributed by atoms with van der Waals surface area (Å²) < 4.78 is 0. The molecule has 0 aromatic carbocycles. The first-order valence-electron chi connectivity index (χ1n) is 7.08. The first-order valence-corrected chi connectivity index (χ1v) is 8.06. The highest BCUT2D eigenvalue weighted by Crippen LogP contribution is 2.34. The quantitative estimate of drug-likeness (QED) is 0.898. The van der Waals surface area contributed by atoms with Crippen molar-refractivity contribution in [3.8, 4) is 0 Å². The number of aromatic nitrogens is 1. The van der Waals surface area contributed by atoms with E-state index in [1.165, 1.54) is 24.2 Å². The van der Waals surface area contributed by atoms with Crippen LogP contribution in [0.2, 0.25) is 0 Å². The Morgan fingerprint density at radius 2 is 2.21 bits per heavy atom. The molecule has 1 N–H and O–H groups in total. The second-order valence-electron chi connectivity index (χ2n) is 5.16. The number of thioether (sulfide) groups is 1. The van der Waals surface area contributed by atoms with Crippen LogP contribution in [0.15, 0.2) is 29.5 Å². The number of nitrogens with one attached hydrogen (secondary N) is 1. The molecule has 1 aliphatic rings. The molecular formula is C15H23N3S. The molecule has 0 radical (unpaired) electrons. The average Bonchev–Trinajstić information content (AvgIpc) is 2.49. The third-order valence-corrected chi connectivity index (χ3v) is 5.29. The van der Waals surface area contributed by atoms with E-state index in [1.807, 2.05) is 30.2 Å². The van der Waals surface area contributed by atoms with Gasteiger partial charge in [-0.05, 0) is 36.3 Å². The van der Waals surface area contributed by atoms with Crippen LogP contribution in [0.25, 0.3) is 0 Å². The summed E-state index contributed by atoms with van der Waals surface area (Å²) in [4.78, 5) is 8.84. The average molecular weight is 277 g/mol. The predicted molar refractivity (Wildman–Crippen MR) is 83.7 cm³/mol. The molecule has 1 aromatic rings. The van der Waals surface area contributed by atoms with Crippen molar-refractivity contribution >= 4 is 16.9 Å². The zero-order chi connectivity index (χ0) is 13.6. The fourth-order valence-electron chi connectivity index (χ4n) is 2.20. The number of nitrogens with zero attached hydrogens (tertiary/aromatic N) is 2. The highest BCUT2D eigenvalue weighted by molar-refractivity contribution is 8.13. The highest BCUT2D eigenvalue weighted by Gasteiger charge is 2.29. The minimum absolute atomic E-state index is 0.430. The third-order valence-electron chi connectivity index (χ3n) is 3.99. The second kappa shape index (κ2) is 6.94. The van der Waals surface area contributed by atoms with Crippen LogP contribution < -0.4 is 5.32 Å². The molecule has 1 aromatic heterocycles. The molecule has 0 bridgehead atoms. The van der Waals surface area contributed by atoms with Gasteiger partial charge in [0.2, 0.25) is 0 Å². The molecule has 2 heterocycles. The molecule has 0 atom stereocenters. The van der Waals surface area contributed by atoms with Crippen LogP contribution in [0.1, 0.15) is 32.3 Å².